The molecule has 0 saturated heterocycles. The zero-order valence-electron chi connectivity index (χ0n) is 8.48. The maximum absolute atomic E-state index is 9.44. The fourth-order valence-electron chi connectivity index (χ4n) is 1.84. The molecular formula is C12H17NO. The van der Waals surface area contributed by atoms with Gasteiger partial charge in [0, 0.05) is 12.1 Å². The second-order valence-electron chi connectivity index (χ2n) is 4.05. The van der Waals surface area contributed by atoms with Crippen LogP contribution < -0.4 is 5.32 Å². The van der Waals surface area contributed by atoms with E-state index in [9.17, 15) is 5.11 Å². The highest BCUT2D eigenvalue weighted by Gasteiger charge is 2.29. The second kappa shape index (κ2) is 4.11. The normalized spacial score (nSPS) is 28.1. The van der Waals surface area contributed by atoms with Crippen LogP contribution in [0.15, 0.2) is 30.3 Å². The maximum atomic E-state index is 9.44. The number of nitrogens with one attached hydrogen (secondary N) is 1. The highest BCUT2D eigenvalue weighted by molar-refractivity contribution is 5.18. The summed E-state index contributed by atoms with van der Waals surface area (Å²) in [5.41, 5.74) is 1.28. The minimum Gasteiger partial charge on any atom is -0.392 e. The molecule has 1 aliphatic rings. The number of benzene rings is 1. The molecule has 2 heteroatoms. The van der Waals surface area contributed by atoms with Gasteiger partial charge in [-0.25, -0.2) is 0 Å². The molecule has 14 heavy (non-hydrogen) atoms. The first-order chi connectivity index (χ1) is 6.77. The molecule has 2 nitrogen and oxygen atoms in total. The molecule has 0 unspecified atom stereocenters. The molecule has 0 aromatic heterocycles. The Balaban J connectivity index is 1.92. The Labute approximate surface area is 85.0 Å². The summed E-state index contributed by atoms with van der Waals surface area (Å²) in [5.74, 6) is 0. The summed E-state index contributed by atoms with van der Waals surface area (Å²) in [5, 5.41) is 12.9. The molecule has 2 rings (SSSR count). The molecule has 0 heterocycles. The van der Waals surface area contributed by atoms with Crippen LogP contribution in [-0.2, 0) is 0 Å². The zero-order chi connectivity index (χ0) is 9.97. The molecule has 2 N–H and O–H groups in total. The van der Waals surface area contributed by atoms with Gasteiger partial charge in [0.25, 0.3) is 0 Å². The van der Waals surface area contributed by atoms with E-state index in [4.69, 9.17) is 0 Å². The Bertz CT molecular complexity index is 286. The summed E-state index contributed by atoms with van der Waals surface area (Å²) in [6, 6.07) is 11.0. The largest absolute Gasteiger partial charge is 0.392 e. The van der Waals surface area contributed by atoms with Gasteiger partial charge < -0.3 is 10.4 Å². The van der Waals surface area contributed by atoms with E-state index in [1.807, 2.05) is 18.2 Å². The first-order valence-electron chi connectivity index (χ1n) is 5.26. The first kappa shape index (κ1) is 9.69. The van der Waals surface area contributed by atoms with Gasteiger partial charge in [-0.05, 0) is 25.3 Å². The molecule has 0 aliphatic heterocycles. The molecule has 1 aliphatic carbocycles. The number of hydrogen-bond acceptors (Lipinski definition) is 2. The van der Waals surface area contributed by atoms with Gasteiger partial charge in [-0.1, -0.05) is 30.3 Å². The molecule has 0 bridgehead atoms. The van der Waals surface area contributed by atoms with Crippen LogP contribution in [0.4, 0.5) is 0 Å². The smallest absolute Gasteiger partial charge is 0.0694 e. The SMILES string of the molecule is C[C@@H](N[C@@H]1CC[C@@H]1O)c1ccccc1. The molecule has 0 radical (unpaired) electrons. The molecule has 1 aromatic carbocycles. The van der Waals surface area contributed by atoms with Crippen molar-refractivity contribution in [1.29, 1.82) is 0 Å². The lowest BCUT2D eigenvalue weighted by molar-refractivity contribution is 0.0449. The molecular weight excluding hydrogens is 174 g/mol. The third-order valence-corrected chi connectivity index (χ3v) is 3.00. The van der Waals surface area contributed by atoms with Gasteiger partial charge in [-0.3, -0.25) is 0 Å². The molecule has 76 valence electrons. The van der Waals surface area contributed by atoms with Crippen molar-refractivity contribution < 1.29 is 5.11 Å². The van der Waals surface area contributed by atoms with Crippen LogP contribution in [0.5, 0.6) is 0 Å². The van der Waals surface area contributed by atoms with E-state index in [0.717, 1.165) is 12.8 Å². The average Bonchev–Trinajstić information content (AvgIpc) is 2.24. The van der Waals surface area contributed by atoms with E-state index in [-0.39, 0.29) is 6.10 Å². The van der Waals surface area contributed by atoms with Crippen LogP contribution in [0.25, 0.3) is 0 Å². The minimum atomic E-state index is -0.138. The van der Waals surface area contributed by atoms with Crippen molar-refractivity contribution in [2.75, 3.05) is 0 Å². The summed E-state index contributed by atoms with van der Waals surface area (Å²) >= 11 is 0. The summed E-state index contributed by atoms with van der Waals surface area (Å²) in [4.78, 5) is 0. The molecule has 1 fully saturated rings. The fraction of sp³-hybridized carbons (Fsp3) is 0.500. The Morgan fingerprint density at radius 1 is 1.29 bits per heavy atom. The molecule has 0 amide bonds. The van der Waals surface area contributed by atoms with Crippen LogP contribution >= 0.6 is 0 Å². The number of aliphatic hydroxyl groups excluding tert-OH is 1. The van der Waals surface area contributed by atoms with E-state index in [1.165, 1.54) is 5.56 Å². The number of aliphatic hydroxyl groups is 1. The van der Waals surface area contributed by atoms with Gasteiger partial charge in [0.05, 0.1) is 6.10 Å². The Hall–Kier alpha value is -0.860. The van der Waals surface area contributed by atoms with Crippen molar-refractivity contribution in [3.05, 3.63) is 35.9 Å². The summed E-state index contributed by atoms with van der Waals surface area (Å²) in [7, 11) is 0. The predicted molar refractivity (Wildman–Crippen MR) is 57.0 cm³/mol. The van der Waals surface area contributed by atoms with Crippen molar-refractivity contribution in [3.8, 4) is 0 Å². The average molecular weight is 191 g/mol. The molecule has 0 spiro atoms. The van der Waals surface area contributed by atoms with E-state index in [0.29, 0.717) is 12.1 Å². The van der Waals surface area contributed by atoms with Crippen LogP contribution in [0.3, 0.4) is 0 Å². The van der Waals surface area contributed by atoms with Gasteiger partial charge in [0.1, 0.15) is 0 Å². The van der Waals surface area contributed by atoms with Crippen LogP contribution in [0, 0.1) is 0 Å². The lowest BCUT2D eigenvalue weighted by atomic mass is 9.88. The van der Waals surface area contributed by atoms with Crippen LogP contribution in [0.2, 0.25) is 0 Å². The highest BCUT2D eigenvalue weighted by Crippen LogP contribution is 2.23. The van der Waals surface area contributed by atoms with Gasteiger partial charge in [-0.15, -0.1) is 0 Å². The molecule has 1 aromatic rings. The van der Waals surface area contributed by atoms with Crippen molar-refractivity contribution in [2.45, 2.75) is 38.0 Å². The van der Waals surface area contributed by atoms with Crippen LogP contribution in [-0.4, -0.2) is 17.3 Å². The lowest BCUT2D eigenvalue weighted by Gasteiger charge is -2.35. The van der Waals surface area contributed by atoms with Gasteiger partial charge >= 0.3 is 0 Å². The predicted octanol–water partition coefficient (Wildman–Crippen LogP) is 1.86. The van der Waals surface area contributed by atoms with Crippen molar-refractivity contribution >= 4 is 0 Å². The summed E-state index contributed by atoms with van der Waals surface area (Å²) in [6.45, 7) is 2.14. The van der Waals surface area contributed by atoms with Crippen molar-refractivity contribution in [2.24, 2.45) is 0 Å². The molecule has 3 atom stereocenters. The standard InChI is InChI=1S/C12H17NO/c1-9(10-5-3-2-4-6-10)13-11-7-8-12(11)14/h2-6,9,11-14H,7-8H2,1H3/t9-,11-,12+/m1/s1. The Morgan fingerprint density at radius 3 is 2.50 bits per heavy atom. The third kappa shape index (κ3) is 1.97. The van der Waals surface area contributed by atoms with E-state index >= 15 is 0 Å². The van der Waals surface area contributed by atoms with Gasteiger partial charge in [0.2, 0.25) is 0 Å². The maximum Gasteiger partial charge on any atom is 0.0694 e. The first-order valence-corrected chi connectivity index (χ1v) is 5.26. The fourth-order valence-corrected chi connectivity index (χ4v) is 1.84. The monoisotopic (exact) mass is 191 g/mol. The lowest BCUT2D eigenvalue weighted by Crippen LogP contribution is -2.48. The number of hydrogen-bond donors (Lipinski definition) is 2. The van der Waals surface area contributed by atoms with Crippen molar-refractivity contribution in [3.63, 3.8) is 0 Å². The van der Waals surface area contributed by atoms with E-state index in [1.54, 1.807) is 0 Å². The summed E-state index contributed by atoms with van der Waals surface area (Å²) < 4.78 is 0. The van der Waals surface area contributed by atoms with E-state index in [2.05, 4.69) is 24.4 Å². The van der Waals surface area contributed by atoms with Crippen molar-refractivity contribution in [1.82, 2.24) is 5.32 Å². The minimum absolute atomic E-state index is 0.138. The summed E-state index contributed by atoms with van der Waals surface area (Å²) in [6.07, 6.45) is 1.90. The highest BCUT2D eigenvalue weighted by atomic mass is 16.3. The Kier molecular flexibility index (Phi) is 2.85. The van der Waals surface area contributed by atoms with Crippen LogP contribution in [0.1, 0.15) is 31.4 Å². The number of rotatable bonds is 3. The topological polar surface area (TPSA) is 32.3 Å². The quantitative estimate of drug-likeness (QED) is 0.764. The Morgan fingerprint density at radius 2 is 2.00 bits per heavy atom. The zero-order valence-corrected chi connectivity index (χ0v) is 8.48. The second-order valence-corrected chi connectivity index (χ2v) is 4.05. The van der Waals surface area contributed by atoms with Gasteiger partial charge in [0.15, 0.2) is 0 Å². The van der Waals surface area contributed by atoms with Gasteiger partial charge in [-0.2, -0.15) is 0 Å². The van der Waals surface area contributed by atoms with E-state index < -0.39 is 0 Å². The molecule has 1 saturated carbocycles. The third-order valence-electron chi connectivity index (χ3n) is 3.00.